The van der Waals surface area contributed by atoms with Gasteiger partial charge in [0.2, 0.25) is 0 Å². The number of hydrogen-bond acceptors (Lipinski definition) is 5. The summed E-state index contributed by atoms with van der Waals surface area (Å²) in [5.41, 5.74) is -1.58. The van der Waals surface area contributed by atoms with E-state index < -0.39 is 34.7 Å². The third kappa shape index (κ3) is 4.76. The van der Waals surface area contributed by atoms with E-state index in [1.54, 1.807) is 0 Å². The number of nitrogens with zero attached hydrogens (tertiary/aromatic N) is 2. The van der Waals surface area contributed by atoms with E-state index in [9.17, 15) is 22.8 Å². The van der Waals surface area contributed by atoms with Crippen molar-refractivity contribution in [2.45, 2.75) is 33.0 Å². The van der Waals surface area contributed by atoms with E-state index in [-0.39, 0.29) is 17.4 Å². The second kappa shape index (κ2) is 7.77. The molecule has 3 rings (SSSR count). The summed E-state index contributed by atoms with van der Waals surface area (Å²) in [6.45, 7) is 5.50. The van der Waals surface area contributed by atoms with Crippen LogP contribution in [0.15, 0.2) is 52.0 Å². The van der Waals surface area contributed by atoms with Gasteiger partial charge < -0.3 is 14.7 Å². The van der Waals surface area contributed by atoms with Crippen molar-refractivity contribution in [2.75, 3.05) is 0 Å². The van der Waals surface area contributed by atoms with Crippen LogP contribution < -0.4 is 10.9 Å². The molecule has 0 unspecified atom stereocenters. The maximum atomic E-state index is 12.9. The predicted octanol–water partition coefficient (Wildman–Crippen LogP) is 3.96. The smallest absolute Gasteiger partial charge is 0.416 e. The van der Waals surface area contributed by atoms with E-state index in [1.807, 2.05) is 20.8 Å². The van der Waals surface area contributed by atoms with Crippen LogP contribution in [0.5, 0.6) is 0 Å². The number of benzene rings is 1. The zero-order valence-corrected chi connectivity index (χ0v) is 16.4. The minimum Gasteiger partial charge on any atom is -0.442 e. The van der Waals surface area contributed by atoms with Crippen molar-refractivity contribution in [3.05, 3.63) is 70.0 Å². The Morgan fingerprint density at radius 2 is 1.83 bits per heavy atom. The van der Waals surface area contributed by atoms with E-state index in [4.69, 9.17) is 4.42 Å². The molecule has 1 aromatic carbocycles. The lowest BCUT2D eigenvalue weighted by Crippen LogP contribution is -2.37. The summed E-state index contributed by atoms with van der Waals surface area (Å²) in [6.07, 6.45) is -1.80. The van der Waals surface area contributed by atoms with Gasteiger partial charge in [-0.25, -0.2) is 9.97 Å². The molecule has 0 spiro atoms. The van der Waals surface area contributed by atoms with Crippen LogP contribution in [0.4, 0.5) is 13.2 Å². The number of amides is 1. The van der Waals surface area contributed by atoms with Crippen LogP contribution in [0.25, 0.3) is 11.7 Å². The van der Waals surface area contributed by atoms with Crippen LogP contribution in [-0.4, -0.2) is 20.9 Å². The summed E-state index contributed by atoms with van der Waals surface area (Å²) in [4.78, 5) is 35.2. The Balaban J connectivity index is 1.91. The molecule has 0 aliphatic rings. The molecule has 7 nitrogen and oxygen atoms in total. The van der Waals surface area contributed by atoms with Crippen molar-refractivity contribution in [2.24, 2.45) is 5.41 Å². The number of carbonyl (C=O) groups excluding carboxylic acids is 1. The van der Waals surface area contributed by atoms with Crippen LogP contribution >= 0.6 is 0 Å². The first-order valence-electron chi connectivity index (χ1n) is 8.94. The molecule has 0 fully saturated rings. The number of oxazole rings is 1. The van der Waals surface area contributed by atoms with E-state index in [0.29, 0.717) is 5.56 Å². The molecular weight excluding hydrogens is 401 g/mol. The molecular formula is C20H19F3N4O3. The summed E-state index contributed by atoms with van der Waals surface area (Å²) in [5.74, 6) is -0.634. The Morgan fingerprint density at radius 3 is 2.37 bits per heavy atom. The lowest BCUT2D eigenvalue weighted by atomic mass is 9.82. The highest BCUT2D eigenvalue weighted by Crippen LogP contribution is 2.35. The number of aromatic nitrogens is 3. The minimum absolute atomic E-state index is 0.0144. The molecule has 0 aliphatic carbocycles. The van der Waals surface area contributed by atoms with Gasteiger partial charge in [-0.1, -0.05) is 32.9 Å². The molecule has 2 N–H and O–H groups in total. The highest BCUT2D eigenvalue weighted by Gasteiger charge is 2.32. The van der Waals surface area contributed by atoms with Crippen molar-refractivity contribution in [3.63, 3.8) is 0 Å². The second-order valence-corrected chi connectivity index (χ2v) is 7.71. The van der Waals surface area contributed by atoms with Crippen LogP contribution in [-0.2, 0) is 6.18 Å². The molecule has 0 radical (unpaired) electrons. The molecule has 0 bridgehead atoms. The maximum absolute atomic E-state index is 12.9. The number of hydrogen-bond donors (Lipinski definition) is 2. The van der Waals surface area contributed by atoms with Gasteiger partial charge in [-0.3, -0.25) is 9.59 Å². The van der Waals surface area contributed by atoms with Crippen molar-refractivity contribution in [1.82, 2.24) is 20.3 Å². The van der Waals surface area contributed by atoms with E-state index in [1.165, 1.54) is 24.6 Å². The van der Waals surface area contributed by atoms with Gasteiger partial charge in [0.15, 0.2) is 5.82 Å². The summed E-state index contributed by atoms with van der Waals surface area (Å²) < 4.78 is 43.7. The van der Waals surface area contributed by atoms with Gasteiger partial charge in [0, 0.05) is 6.07 Å². The lowest BCUT2D eigenvalue weighted by Gasteiger charge is -2.32. The first kappa shape index (κ1) is 21.3. The first-order valence-corrected chi connectivity index (χ1v) is 8.94. The highest BCUT2D eigenvalue weighted by molar-refractivity contribution is 5.92. The van der Waals surface area contributed by atoms with Crippen molar-refractivity contribution in [1.29, 1.82) is 0 Å². The highest BCUT2D eigenvalue weighted by atomic mass is 19.4. The number of carbonyl (C=O) groups is 1. The fourth-order valence-corrected chi connectivity index (χ4v) is 2.89. The van der Waals surface area contributed by atoms with Gasteiger partial charge in [0.05, 0.1) is 17.8 Å². The fraction of sp³-hybridized carbons (Fsp3) is 0.300. The Morgan fingerprint density at radius 1 is 1.17 bits per heavy atom. The van der Waals surface area contributed by atoms with Gasteiger partial charge in [-0.2, -0.15) is 13.2 Å². The van der Waals surface area contributed by atoms with Gasteiger partial charge >= 0.3 is 6.18 Å². The second-order valence-electron chi connectivity index (χ2n) is 7.71. The third-order valence-electron chi connectivity index (χ3n) is 4.32. The number of halogens is 3. The van der Waals surface area contributed by atoms with E-state index >= 15 is 0 Å². The zero-order valence-electron chi connectivity index (χ0n) is 16.4. The minimum atomic E-state index is -4.45. The van der Waals surface area contributed by atoms with Crippen LogP contribution in [0, 0.1) is 5.41 Å². The van der Waals surface area contributed by atoms with Gasteiger partial charge in [0.25, 0.3) is 17.4 Å². The third-order valence-corrected chi connectivity index (χ3v) is 4.32. The molecule has 30 heavy (non-hydrogen) atoms. The molecule has 1 amide bonds. The van der Waals surface area contributed by atoms with E-state index in [0.717, 1.165) is 18.2 Å². The van der Waals surface area contributed by atoms with Gasteiger partial charge in [-0.05, 0) is 23.1 Å². The molecule has 1 atom stereocenters. The summed E-state index contributed by atoms with van der Waals surface area (Å²) in [5, 5.41) is 2.76. The number of H-pyrrole nitrogens is 1. The predicted molar refractivity (Wildman–Crippen MR) is 101 cm³/mol. The van der Waals surface area contributed by atoms with Crippen LogP contribution in [0.3, 0.4) is 0 Å². The molecule has 3 aromatic rings. The molecule has 2 heterocycles. The molecule has 0 saturated heterocycles. The van der Waals surface area contributed by atoms with Crippen LogP contribution in [0.2, 0.25) is 0 Å². The molecule has 2 aromatic heterocycles. The lowest BCUT2D eigenvalue weighted by molar-refractivity contribution is -0.137. The average Bonchev–Trinajstić information content (AvgIpc) is 3.19. The number of aromatic amines is 1. The van der Waals surface area contributed by atoms with E-state index in [2.05, 4.69) is 20.3 Å². The standard InChI is InChI=1S/C20H19F3N4O3/c1-19(2,3)15(11-4-6-12(7-5-11)20(21,22)23)27-17(29)13-10-14(28)26-16(25-13)18-24-8-9-30-18/h4-10,15H,1-3H3,(H,27,29)(H,25,26,28)/t15-/m1/s1. The Labute approximate surface area is 169 Å². The van der Waals surface area contributed by atoms with Gasteiger partial charge in [-0.15, -0.1) is 0 Å². The molecule has 0 saturated carbocycles. The average molecular weight is 420 g/mol. The quantitative estimate of drug-likeness (QED) is 0.665. The molecule has 0 aliphatic heterocycles. The number of alkyl halides is 3. The number of rotatable bonds is 4. The van der Waals surface area contributed by atoms with Crippen LogP contribution in [0.1, 0.15) is 48.4 Å². The van der Waals surface area contributed by atoms with Gasteiger partial charge in [0.1, 0.15) is 12.0 Å². The first-order chi connectivity index (χ1) is 13.9. The number of nitrogens with one attached hydrogen (secondary N) is 2. The largest absolute Gasteiger partial charge is 0.442 e. The monoisotopic (exact) mass is 420 g/mol. The normalized spacial score (nSPS) is 13.1. The fourth-order valence-electron chi connectivity index (χ4n) is 2.89. The zero-order chi connectivity index (χ0) is 22.1. The van der Waals surface area contributed by atoms with Crippen molar-refractivity contribution < 1.29 is 22.4 Å². The summed E-state index contributed by atoms with van der Waals surface area (Å²) in [6, 6.07) is 4.95. The Hall–Kier alpha value is -3.43. The summed E-state index contributed by atoms with van der Waals surface area (Å²) in [7, 11) is 0. The Kier molecular flexibility index (Phi) is 5.51. The molecule has 158 valence electrons. The Bertz CT molecular complexity index is 1080. The SMILES string of the molecule is CC(C)(C)[C@H](NC(=O)c1cc(=O)[nH]c(-c2ncco2)n1)c1ccc(C(F)(F)F)cc1. The maximum Gasteiger partial charge on any atom is 0.416 e. The molecule has 10 heteroatoms. The van der Waals surface area contributed by atoms with Crippen molar-refractivity contribution >= 4 is 5.91 Å². The van der Waals surface area contributed by atoms with Crippen molar-refractivity contribution in [3.8, 4) is 11.7 Å². The topological polar surface area (TPSA) is 101 Å². The summed E-state index contributed by atoms with van der Waals surface area (Å²) >= 11 is 0.